The van der Waals surface area contributed by atoms with E-state index in [-0.39, 0.29) is 12.5 Å². The molecule has 2 aromatic rings. The summed E-state index contributed by atoms with van der Waals surface area (Å²) in [6.07, 6.45) is -3.67. The molecule has 1 aromatic heterocycles. The topological polar surface area (TPSA) is 91.2 Å². The predicted octanol–water partition coefficient (Wildman–Crippen LogP) is 2.27. The van der Waals surface area contributed by atoms with Gasteiger partial charge in [-0.15, -0.1) is 10.2 Å². The molecule has 100 valence electrons. The molecule has 1 aromatic carbocycles. The molecule has 0 aliphatic rings. The van der Waals surface area contributed by atoms with Gasteiger partial charge in [0.2, 0.25) is 5.89 Å². The van der Waals surface area contributed by atoms with Gasteiger partial charge in [-0.2, -0.15) is 8.78 Å². The third-order valence-electron chi connectivity index (χ3n) is 2.21. The van der Waals surface area contributed by atoms with Crippen LogP contribution in [0.4, 0.5) is 13.6 Å². The van der Waals surface area contributed by atoms with Crippen molar-refractivity contribution in [2.24, 2.45) is 5.73 Å². The monoisotopic (exact) mass is 269 g/mol. The predicted molar refractivity (Wildman–Crippen MR) is 59.1 cm³/mol. The minimum atomic E-state index is -2.80. The smallest absolute Gasteiger partial charge is 0.404 e. The molecule has 0 saturated heterocycles. The molecule has 0 unspecified atom stereocenters. The SMILES string of the molecule is NC(=O)OCc1ccc(-c2nnc(C(F)F)o2)cc1. The molecular formula is C11H9F2N3O3. The zero-order valence-corrected chi connectivity index (χ0v) is 9.55. The second-order valence-corrected chi connectivity index (χ2v) is 3.55. The first-order valence-electron chi connectivity index (χ1n) is 5.19. The van der Waals surface area contributed by atoms with Crippen molar-refractivity contribution in [3.63, 3.8) is 0 Å². The van der Waals surface area contributed by atoms with Crippen LogP contribution in [-0.4, -0.2) is 16.3 Å². The lowest BCUT2D eigenvalue weighted by Crippen LogP contribution is -2.12. The van der Waals surface area contributed by atoms with Crippen molar-refractivity contribution in [3.8, 4) is 11.5 Å². The highest BCUT2D eigenvalue weighted by Gasteiger charge is 2.16. The van der Waals surface area contributed by atoms with E-state index in [1.54, 1.807) is 24.3 Å². The van der Waals surface area contributed by atoms with Crippen molar-refractivity contribution in [2.45, 2.75) is 13.0 Å². The minimum absolute atomic E-state index is 0.00216. The number of hydrogen-bond acceptors (Lipinski definition) is 5. The molecule has 0 aliphatic carbocycles. The zero-order chi connectivity index (χ0) is 13.8. The van der Waals surface area contributed by atoms with Crippen LogP contribution in [0.1, 0.15) is 17.9 Å². The average molecular weight is 269 g/mol. The van der Waals surface area contributed by atoms with Gasteiger partial charge in [-0.1, -0.05) is 12.1 Å². The van der Waals surface area contributed by atoms with Crippen LogP contribution in [0.15, 0.2) is 28.7 Å². The molecule has 2 rings (SSSR count). The number of rotatable bonds is 4. The number of alkyl halides is 2. The molecule has 8 heteroatoms. The zero-order valence-electron chi connectivity index (χ0n) is 9.55. The van der Waals surface area contributed by atoms with Gasteiger partial charge in [-0.3, -0.25) is 0 Å². The molecule has 19 heavy (non-hydrogen) atoms. The standard InChI is InChI=1S/C11H9F2N3O3/c12-8(13)10-16-15-9(19-10)7-3-1-6(2-4-7)5-18-11(14)17/h1-4,8H,5H2,(H2,14,17). The summed E-state index contributed by atoms with van der Waals surface area (Å²) in [7, 11) is 0. The number of primary amides is 1. The van der Waals surface area contributed by atoms with E-state index in [0.29, 0.717) is 11.1 Å². The number of ether oxygens (including phenoxy) is 1. The Hall–Kier alpha value is -2.51. The highest BCUT2D eigenvalue weighted by Crippen LogP contribution is 2.23. The van der Waals surface area contributed by atoms with E-state index in [0.717, 1.165) is 0 Å². The van der Waals surface area contributed by atoms with Gasteiger partial charge in [0.05, 0.1) is 0 Å². The Morgan fingerprint density at radius 1 is 1.32 bits per heavy atom. The number of carbonyl (C=O) groups is 1. The average Bonchev–Trinajstić information content (AvgIpc) is 2.86. The largest absolute Gasteiger partial charge is 0.445 e. The molecule has 0 fully saturated rings. The van der Waals surface area contributed by atoms with Crippen LogP contribution in [0.5, 0.6) is 0 Å². The molecule has 0 aliphatic heterocycles. The molecule has 0 atom stereocenters. The molecule has 0 bridgehead atoms. The summed E-state index contributed by atoms with van der Waals surface area (Å²) < 4.78 is 33.9. The number of aromatic nitrogens is 2. The number of halogens is 2. The number of hydrogen-bond donors (Lipinski definition) is 1. The Balaban J connectivity index is 2.10. The third-order valence-corrected chi connectivity index (χ3v) is 2.21. The van der Waals surface area contributed by atoms with Crippen molar-refractivity contribution in [3.05, 3.63) is 35.7 Å². The highest BCUT2D eigenvalue weighted by molar-refractivity contribution is 5.64. The normalized spacial score (nSPS) is 10.7. The van der Waals surface area contributed by atoms with E-state index in [1.165, 1.54) is 0 Å². The highest BCUT2D eigenvalue weighted by atomic mass is 19.3. The van der Waals surface area contributed by atoms with Crippen LogP contribution < -0.4 is 5.73 Å². The van der Waals surface area contributed by atoms with Gasteiger partial charge in [0.15, 0.2) is 0 Å². The van der Waals surface area contributed by atoms with Gasteiger partial charge in [0.1, 0.15) is 6.61 Å². The van der Waals surface area contributed by atoms with E-state index < -0.39 is 18.4 Å². The van der Waals surface area contributed by atoms with E-state index in [1.807, 2.05) is 0 Å². The molecule has 2 N–H and O–H groups in total. The lowest BCUT2D eigenvalue weighted by molar-refractivity contribution is 0.116. The molecule has 0 radical (unpaired) electrons. The number of carbonyl (C=O) groups excluding carboxylic acids is 1. The van der Waals surface area contributed by atoms with Gasteiger partial charge in [-0.05, 0) is 17.7 Å². The van der Waals surface area contributed by atoms with E-state index in [2.05, 4.69) is 14.9 Å². The number of nitrogens with two attached hydrogens (primary N) is 1. The Labute approximate surface area is 106 Å². The van der Waals surface area contributed by atoms with Gasteiger partial charge in [0.25, 0.3) is 5.89 Å². The maximum atomic E-state index is 12.3. The van der Waals surface area contributed by atoms with Crippen LogP contribution in [0.2, 0.25) is 0 Å². The van der Waals surface area contributed by atoms with E-state index >= 15 is 0 Å². The summed E-state index contributed by atoms with van der Waals surface area (Å²) in [6, 6.07) is 6.43. The molecular weight excluding hydrogens is 260 g/mol. The van der Waals surface area contributed by atoms with Gasteiger partial charge in [0, 0.05) is 5.56 Å². The molecule has 1 heterocycles. The van der Waals surface area contributed by atoms with Crippen molar-refractivity contribution < 1.29 is 22.7 Å². The summed E-state index contributed by atoms with van der Waals surface area (Å²) in [5, 5.41) is 6.73. The van der Waals surface area contributed by atoms with Crippen molar-refractivity contribution in [1.29, 1.82) is 0 Å². The van der Waals surface area contributed by atoms with Crippen LogP contribution in [0.3, 0.4) is 0 Å². The van der Waals surface area contributed by atoms with Crippen LogP contribution in [-0.2, 0) is 11.3 Å². The molecule has 0 saturated carbocycles. The first-order valence-corrected chi connectivity index (χ1v) is 5.19. The van der Waals surface area contributed by atoms with Crippen LogP contribution >= 0.6 is 0 Å². The summed E-state index contributed by atoms with van der Waals surface area (Å²) in [4.78, 5) is 10.4. The quantitative estimate of drug-likeness (QED) is 0.919. The summed E-state index contributed by atoms with van der Waals surface area (Å²) in [5.74, 6) is -0.728. The summed E-state index contributed by atoms with van der Waals surface area (Å²) in [5.41, 5.74) is 6.01. The maximum absolute atomic E-state index is 12.3. The van der Waals surface area contributed by atoms with E-state index in [4.69, 9.17) is 10.2 Å². The third kappa shape index (κ3) is 3.24. The fourth-order valence-electron chi connectivity index (χ4n) is 1.34. The second-order valence-electron chi connectivity index (χ2n) is 3.55. The summed E-state index contributed by atoms with van der Waals surface area (Å²) in [6.45, 7) is 0.0295. The minimum Gasteiger partial charge on any atom is -0.445 e. The Morgan fingerprint density at radius 2 is 2.00 bits per heavy atom. The Kier molecular flexibility index (Phi) is 3.69. The van der Waals surface area contributed by atoms with Gasteiger partial charge >= 0.3 is 12.5 Å². The molecule has 6 nitrogen and oxygen atoms in total. The van der Waals surface area contributed by atoms with Crippen molar-refractivity contribution >= 4 is 6.09 Å². The Bertz CT molecular complexity index is 569. The lowest BCUT2D eigenvalue weighted by atomic mass is 10.1. The second kappa shape index (κ2) is 5.42. The van der Waals surface area contributed by atoms with Crippen molar-refractivity contribution in [1.82, 2.24) is 10.2 Å². The summed E-state index contributed by atoms with van der Waals surface area (Å²) >= 11 is 0. The van der Waals surface area contributed by atoms with E-state index in [9.17, 15) is 13.6 Å². The first kappa shape index (κ1) is 12.9. The van der Waals surface area contributed by atoms with Gasteiger partial charge < -0.3 is 14.9 Å². The van der Waals surface area contributed by atoms with Crippen molar-refractivity contribution in [2.75, 3.05) is 0 Å². The van der Waals surface area contributed by atoms with Crippen LogP contribution in [0, 0.1) is 0 Å². The number of amides is 1. The van der Waals surface area contributed by atoms with Gasteiger partial charge in [-0.25, -0.2) is 4.79 Å². The fraction of sp³-hybridized carbons (Fsp3) is 0.182. The Morgan fingerprint density at radius 3 is 2.53 bits per heavy atom. The van der Waals surface area contributed by atoms with Crippen LogP contribution in [0.25, 0.3) is 11.5 Å². The number of nitrogens with zero attached hydrogens (tertiary/aromatic N) is 2. The maximum Gasteiger partial charge on any atom is 0.404 e. The lowest BCUT2D eigenvalue weighted by Gasteiger charge is -2.02. The number of benzene rings is 1. The molecule has 1 amide bonds. The fourth-order valence-corrected chi connectivity index (χ4v) is 1.34. The first-order chi connectivity index (χ1) is 9.06. The molecule has 0 spiro atoms.